The Balaban J connectivity index is 2.00. The number of hydrogen-bond acceptors (Lipinski definition) is 4. The van der Waals surface area contributed by atoms with Gasteiger partial charge in [-0.25, -0.2) is 8.78 Å². The number of carbonyl (C=O) groups excluding carboxylic acids is 2. The van der Waals surface area contributed by atoms with Crippen LogP contribution < -0.4 is 5.73 Å². The zero-order valence-corrected chi connectivity index (χ0v) is 17.3. The molecule has 5 nitrogen and oxygen atoms in total. The molecule has 8 heteroatoms. The second-order valence-corrected chi connectivity index (χ2v) is 8.74. The molecule has 1 aromatic rings. The van der Waals surface area contributed by atoms with Crippen LogP contribution in [0.5, 0.6) is 0 Å². The van der Waals surface area contributed by atoms with E-state index in [-0.39, 0.29) is 12.8 Å². The van der Waals surface area contributed by atoms with Crippen LogP contribution in [0.4, 0.5) is 8.78 Å². The molecule has 1 saturated heterocycles. The third-order valence-corrected chi connectivity index (χ3v) is 6.58. The number of primary amides is 1. The van der Waals surface area contributed by atoms with E-state index in [1.165, 1.54) is 6.92 Å². The largest absolute Gasteiger partial charge is 0.462 e. The number of nitrogens with zero attached hydrogens (tertiary/aromatic N) is 1. The molecule has 2 aliphatic rings. The Kier molecular flexibility index (Phi) is 5.62. The summed E-state index contributed by atoms with van der Waals surface area (Å²) in [6.45, 7) is 3.22. The summed E-state index contributed by atoms with van der Waals surface area (Å²) in [6.07, 6.45) is 3.72. The highest BCUT2D eigenvalue weighted by atomic mass is 79.9. The van der Waals surface area contributed by atoms with Crippen LogP contribution in [0.3, 0.4) is 0 Å². The molecule has 0 aromatic carbocycles. The average molecular weight is 457 g/mol. The predicted molar refractivity (Wildman–Crippen MR) is 103 cm³/mol. The topological polar surface area (TPSA) is 82.3 Å². The Labute approximate surface area is 170 Å². The summed E-state index contributed by atoms with van der Waals surface area (Å²) < 4.78 is 36.1. The highest BCUT2D eigenvalue weighted by Crippen LogP contribution is 2.61. The summed E-state index contributed by atoms with van der Waals surface area (Å²) in [5, 5.41) is 0. The van der Waals surface area contributed by atoms with E-state index in [9.17, 15) is 18.4 Å². The third kappa shape index (κ3) is 3.71. The summed E-state index contributed by atoms with van der Waals surface area (Å²) in [7, 11) is 0. The van der Waals surface area contributed by atoms with E-state index < -0.39 is 53.5 Å². The standard InChI is InChI=1S/C20H23BrF2N2O3/c1-11-15(6-5-14-4-3-13(21)9-25-14)17-12(2)28-18(27)19(17,8-7-16(24)26)10-20(11,22)23/h3-6,9,11-12,15,17H,7-8,10H2,1-2H3,(H2,24,26)/t11-,12+,15-,17-,19+/m0/s1. The Morgan fingerprint density at radius 2 is 2.14 bits per heavy atom. The number of hydrogen-bond donors (Lipinski definition) is 1. The van der Waals surface area contributed by atoms with Crippen LogP contribution in [0, 0.1) is 23.2 Å². The van der Waals surface area contributed by atoms with Gasteiger partial charge >= 0.3 is 5.97 Å². The Morgan fingerprint density at radius 3 is 2.75 bits per heavy atom. The van der Waals surface area contributed by atoms with E-state index in [0.29, 0.717) is 5.69 Å². The number of amides is 1. The Morgan fingerprint density at radius 1 is 1.43 bits per heavy atom. The van der Waals surface area contributed by atoms with Crippen molar-refractivity contribution in [2.75, 3.05) is 0 Å². The maximum atomic E-state index is 15.0. The number of fused-ring (bicyclic) bond motifs is 1. The SMILES string of the molecule is C[C@H]1OC(=O)[C@]2(CCC(N)=O)CC(F)(F)[C@@H](C)[C@H](C=Cc3ccc(Br)cn3)[C@H]12. The van der Waals surface area contributed by atoms with Gasteiger partial charge in [0.05, 0.1) is 11.1 Å². The van der Waals surface area contributed by atoms with Crippen molar-refractivity contribution in [3.63, 3.8) is 0 Å². The highest BCUT2D eigenvalue weighted by Gasteiger charge is 2.67. The van der Waals surface area contributed by atoms with Crippen molar-refractivity contribution in [3.8, 4) is 0 Å². The van der Waals surface area contributed by atoms with Gasteiger partial charge in [-0.05, 0) is 53.4 Å². The van der Waals surface area contributed by atoms with E-state index in [4.69, 9.17) is 10.5 Å². The molecule has 28 heavy (non-hydrogen) atoms. The van der Waals surface area contributed by atoms with Gasteiger partial charge in [0.1, 0.15) is 6.10 Å². The number of carbonyl (C=O) groups is 2. The van der Waals surface area contributed by atoms with Gasteiger partial charge in [-0.2, -0.15) is 0 Å². The first-order chi connectivity index (χ1) is 13.1. The number of halogens is 3. The molecule has 1 saturated carbocycles. The van der Waals surface area contributed by atoms with Gasteiger partial charge < -0.3 is 10.5 Å². The average Bonchev–Trinajstić information content (AvgIpc) is 2.85. The normalized spacial score (nSPS) is 34.2. The van der Waals surface area contributed by atoms with E-state index in [0.717, 1.165) is 4.47 Å². The number of rotatable bonds is 5. The van der Waals surface area contributed by atoms with Crippen molar-refractivity contribution in [3.05, 3.63) is 34.6 Å². The zero-order valence-electron chi connectivity index (χ0n) is 15.7. The van der Waals surface area contributed by atoms with Crippen molar-refractivity contribution in [2.45, 2.75) is 45.1 Å². The lowest BCUT2D eigenvalue weighted by Gasteiger charge is -2.47. The predicted octanol–water partition coefficient (Wildman–Crippen LogP) is 3.96. The van der Waals surface area contributed by atoms with Crippen LogP contribution in [0.25, 0.3) is 6.08 Å². The van der Waals surface area contributed by atoms with Gasteiger partial charge in [-0.3, -0.25) is 14.6 Å². The molecule has 152 valence electrons. The number of esters is 1. The van der Waals surface area contributed by atoms with Crippen molar-refractivity contribution in [1.82, 2.24) is 4.98 Å². The number of pyridine rings is 1. The Hall–Kier alpha value is -1.83. The van der Waals surface area contributed by atoms with Gasteiger partial charge in [-0.1, -0.05) is 13.0 Å². The Bertz CT molecular complexity index is 799. The number of ether oxygens (including phenoxy) is 1. The molecule has 0 spiro atoms. The van der Waals surface area contributed by atoms with Crippen molar-refractivity contribution in [1.29, 1.82) is 0 Å². The van der Waals surface area contributed by atoms with Crippen LogP contribution >= 0.6 is 15.9 Å². The van der Waals surface area contributed by atoms with Gasteiger partial charge in [0.2, 0.25) is 5.91 Å². The monoisotopic (exact) mass is 456 g/mol. The van der Waals surface area contributed by atoms with Crippen molar-refractivity contribution < 1.29 is 23.1 Å². The quantitative estimate of drug-likeness (QED) is 0.679. The van der Waals surface area contributed by atoms with Gasteiger partial charge in [0.25, 0.3) is 5.92 Å². The fourth-order valence-electron chi connectivity index (χ4n) is 4.68. The highest BCUT2D eigenvalue weighted by molar-refractivity contribution is 9.10. The molecule has 5 atom stereocenters. The summed E-state index contributed by atoms with van der Waals surface area (Å²) >= 11 is 3.31. The molecule has 3 rings (SSSR count). The maximum absolute atomic E-state index is 15.0. The molecule has 1 aliphatic carbocycles. The number of nitrogens with two attached hydrogens (primary N) is 1. The minimum Gasteiger partial charge on any atom is -0.462 e. The first-order valence-electron chi connectivity index (χ1n) is 9.24. The summed E-state index contributed by atoms with van der Waals surface area (Å²) in [5.74, 6) is -6.39. The van der Waals surface area contributed by atoms with Crippen molar-refractivity contribution >= 4 is 33.9 Å². The summed E-state index contributed by atoms with van der Waals surface area (Å²) in [6, 6.07) is 3.58. The van der Waals surface area contributed by atoms with Gasteiger partial charge in [0.15, 0.2) is 0 Å². The molecule has 2 heterocycles. The molecule has 0 unspecified atom stereocenters. The van der Waals surface area contributed by atoms with E-state index in [2.05, 4.69) is 20.9 Å². The number of alkyl halides is 2. The summed E-state index contributed by atoms with van der Waals surface area (Å²) in [5.41, 5.74) is 4.46. The molecule has 0 bridgehead atoms. The van der Waals surface area contributed by atoms with E-state index >= 15 is 0 Å². The third-order valence-electron chi connectivity index (χ3n) is 6.11. The van der Waals surface area contributed by atoms with Crippen molar-refractivity contribution in [2.24, 2.45) is 28.9 Å². The fraction of sp³-hybridized carbons (Fsp3) is 0.550. The molecule has 2 N–H and O–H groups in total. The lowest BCUT2D eigenvalue weighted by molar-refractivity contribution is -0.172. The second-order valence-electron chi connectivity index (χ2n) is 7.82. The lowest BCUT2D eigenvalue weighted by Crippen LogP contribution is -2.53. The van der Waals surface area contributed by atoms with Crippen LogP contribution in [-0.2, 0) is 14.3 Å². The van der Waals surface area contributed by atoms with E-state index in [1.54, 1.807) is 31.3 Å². The molecule has 1 aliphatic heterocycles. The van der Waals surface area contributed by atoms with Crippen LogP contribution in [-0.4, -0.2) is 28.9 Å². The second kappa shape index (κ2) is 7.54. The molecule has 1 amide bonds. The minimum absolute atomic E-state index is 0.0284. The summed E-state index contributed by atoms with van der Waals surface area (Å²) in [4.78, 5) is 28.2. The van der Waals surface area contributed by atoms with Gasteiger partial charge in [0, 0.05) is 35.3 Å². The number of allylic oxidation sites excluding steroid dienone is 1. The molecular weight excluding hydrogens is 434 g/mol. The fourth-order valence-corrected chi connectivity index (χ4v) is 4.91. The lowest BCUT2D eigenvalue weighted by atomic mass is 9.55. The molecule has 1 aromatic heterocycles. The van der Waals surface area contributed by atoms with Crippen LogP contribution in [0.15, 0.2) is 28.9 Å². The molecule has 0 radical (unpaired) electrons. The van der Waals surface area contributed by atoms with Gasteiger partial charge in [-0.15, -0.1) is 0 Å². The minimum atomic E-state index is -3.07. The zero-order chi connectivity index (χ0) is 20.7. The maximum Gasteiger partial charge on any atom is 0.313 e. The number of cyclic esters (lactones) is 1. The molecular formula is C20H23BrF2N2O3. The van der Waals surface area contributed by atoms with E-state index in [1.807, 2.05) is 6.07 Å². The van der Waals surface area contributed by atoms with Crippen LogP contribution in [0.2, 0.25) is 0 Å². The first kappa shape index (κ1) is 20.9. The molecule has 2 fully saturated rings. The first-order valence-corrected chi connectivity index (χ1v) is 10.0. The smallest absolute Gasteiger partial charge is 0.313 e. The number of aromatic nitrogens is 1. The van der Waals surface area contributed by atoms with Crippen LogP contribution in [0.1, 0.15) is 38.8 Å².